The van der Waals surface area contributed by atoms with Crippen LogP contribution in [0.25, 0.3) is 0 Å². The van der Waals surface area contributed by atoms with Crippen molar-refractivity contribution < 1.29 is 9.59 Å². The van der Waals surface area contributed by atoms with Crippen LogP contribution in [0, 0.1) is 16.7 Å². The van der Waals surface area contributed by atoms with Crippen LogP contribution in [0.15, 0.2) is 36.9 Å². The van der Waals surface area contributed by atoms with Gasteiger partial charge in [0.1, 0.15) is 5.82 Å². The summed E-state index contributed by atoms with van der Waals surface area (Å²) in [5, 5.41) is 15.7. The van der Waals surface area contributed by atoms with Gasteiger partial charge in [-0.1, -0.05) is 18.7 Å². The molecule has 2 fully saturated rings. The number of nitriles is 1. The lowest BCUT2D eigenvalue weighted by Crippen LogP contribution is -2.59. The number of amides is 2. The smallest absolute Gasteiger partial charge is 0.245 e. The summed E-state index contributed by atoms with van der Waals surface area (Å²) in [6.07, 6.45) is 6.57. The van der Waals surface area contributed by atoms with Crippen molar-refractivity contribution in [2.75, 3.05) is 43.4 Å². The molecule has 2 saturated heterocycles. The molecule has 0 saturated carbocycles. The summed E-state index contributed by atoms with van der Waals surface area (Å²) in [7, 11) is 1.63. The Morgan fingerprint density at radius 2 is 2.05 bits per heavy atom. The van der Waals surface area contributed by atoms with E-state index in [2.05, 4.69) is 28.2 Å². The van der Waals surface area contributed by atoms with Crippen molar-refractivity contribution in [2.24, 2.45) is 5.41 Å². The van der Waals surface area contributed by atoms with Crippen LogP contribution in [0.5, 0.6) is 0 Å². The maximum absolute atomic E-state index is 12.4. The van der Waals surface area contributed by atoms with E-state index in [0.717, 1.165) is 80.9 Å². The van der Waals surface area contributed by atoms with Gasteiger partial charge < -0.3 is 20.4 Å². The fraction of sp³-hybridized carbons (Fsp3) is 0.464. The zero-order valence-corrected chi connectivity index (χ0v) is 21.3. The number of carbonyl (C=O) groups excluding carboxylic acids is 2. The second-order valence-electron chi connectivity index (χ2n) is 10.4. The lowest BCUT2D eigenvalue weighted by Gasteiger charge is -2.47. The van der Waals surface area contributed by atoms with Gasteiger partial charge in [0.05, 0.1) is 29.8 Å². The van der Waals surface area contributed by atoms with E-state index in [1.807, 2.05) is 23.1 Å². The van der Waals surface area contributed by atoms with Gasteiger partial charge in [-0.15, -0.1) is 0 Å². The minimum absolute atomic E-state index is 0.0109. The first-order valence-corrected chi connectivity index (χ1v) is 13.0. The molecule has 2 aromatic rings. The number of anilines is 2. The topological polar surface area (TPSA) is 114 Å². The van der Waals surface area contributed by atoms with Gasteiger partial charge in [0.2, 0.25) is 17.8 Å². The molecule has 0 bridgehead atoms. The first-order valence-electron chi connectivity index (χ1n) is 13.0. The molecule has 3 aliphatic rings. The predicted octanol–water partition coefficient (Wildman–Crippen LogP) is 2.74. The Balaban J connectivity index is 1.43. The summed E-state index contributed by atoms with van der Waals surface area (Å²) < 4.78 is 0. The van der Waals surface area contributed by atoms with Crippen molar-refractivity contribution in [2.45, 2.75) is 44.6 Å². The molecule has 9 nitrogen and oxygen atoms in total. The average molecular weight is 500 g/mol. The van der Waals surface area contributed by atoms with Crippen LogP contribution in [0.3, 0.4) is 0 Å². The van der Waals surface area contributed by atoms with Gasteiger partial charge in [0.15, 0.2) is 0 Å². The fourth-order valence-electron chi connectivity index (χ4n) is 5.78. The van der Waals surface area contributed by atoms with E-state index in [1.165, 1.54) is 6.08 Å². The van der Waals surface area contributed by atoms with Crippen LogP contribution >= 0.6 is 0 Å². The lowest BCUT2D eigenvalue weighted by atomic mass is 9.79. The molecule has 2 aliphatic heterocycles. The highest BCUT2D eigenvalue weighted by Gasteiger charge is 2.49. The van der Waals surface area contributed by atoms with Gasteiger partial charge in [-0.25, -0.2) is 4.98 Å². The Morgan fingerprint density at radius 1 is 1.24 bits per heavy atom. The zero-order chi connectivity index (χ0) is 26.0. The highest BCUT2D eigenvalue weighted by atomic mass is 16.2. The van der Waals surface area contributed by atoms with Crippen molar-refractivity contribution >= 4 is 23.6 Å². The number of fused-ring (bicyclic) bond motifs is 1. The van der Waals surface area contributed by atoms with Gasteiger partial charge in [0, 0.05) is 44.2 Å². The Kier molecular flexibility index (Phi) is 6.83. The SMILES string of the molecule is C=CC(=O)N1CC2(CCN(c3nc4c(c(N[C@H](CC(=O)NC)c5cccc(C#N)c5)n3)CCCC4)C2)C1. The second kappa shape index (κ2) is 10.2. The number of carbonyl (C=O) groups is 2. The lowest BCUT2D eigenvalue weighted by molar-refractivity contribution is -0.136. The molecule has 1 atom stereocenters. The minimum atomic E-state index is -0.336. The van der Waals surface area contributed by atoms with Crippen LogP contribution < -0.4 is 15.5 Å². The molecule has 2 N–H and O–H groups in total. The van der Waals surface area contributed by atoms with Crippen molar-refractivity contribution in [3.05, 3.63) is 59.3 Å². The van der Waals surface area contributed by atoms with E-state index in [4.69, 9.17) is 9.97 Å². The summed E-state index contributed by atoms with van der Waals surface area (Å²) >= 11 is 0. The summed E-state index contributed by atoms with van der Waals surface area (Å²) in [4.78, 5) is 38.5. The summed E-state index contributed by atoms with van der Waals surface area (Å²) in [5.74, 6) is 1.38. The molecule has 1 spiro atoms. The Morgan fingerprint density at radius 3 is 2.81 bits per heavy atom. The van der Waals surface area contributed by atoms with Crippen molar-refractivity contribution in [1.82, 2.24) is 20.2 Å². The van der Waals surface area contributed by atoms with Gasteiger partial charge in [-0.3, -0.25) is 9.59 Å². The van der Waals surface area contributed by atoms with Gasteiger partial charge in [0.25, 0.3) is 0 Å². The van der Waals surface area contributed by atoms with Crippen LogP contribution in [0.1, 0.15) is 54.1 Å². The summed E-state index contributed by atoms with van der Waals surface area (Å²) in [5.41, 5.74) is 3.70. The van der Waals surface area contributed by atoms with Gasteiger partial charge >= 0.3 is 0 Å². The number of aryl methyl sites for hydroxylation is 1. The standard InChI is InChI=1S/C28H33N7O2/c1-3-25(37)35-17-28(18-35)11-12-34(16-28)27-32-22-10-5-4-9-21(22)26(33-27)31-23(14-24(36)30-2)20-8-6-7-19(13-20)15-29/h3,6-8,13,23H,1,4-5,9-12,14,16-18H2,2H3,(H,30,36)(H,31,32,33)/t23-/m1/s1. The Bertz CT molecular complexity index is 1260. The molecule has 192 valence electrons. The molecule has 0 radical (unpaired) electrons. The van der Waals surface area contributed by atoms with Crippen LogP contribution in [0.2, 0.25) is 0 Å². The number of likely N-dealkylation sites (tertiary alicyclic amines) is 1. The number of hydrogen-bond acceptors (Lipinski definition) is 7. The molecule has 1 aromatic heterocycles. The fourth-order valence-corrected chi connectivity index (χ4v) is 5.78. The third-order valence-corrected chi connectivity index (χ3v) is 7.83. The highest BCUT2D eigenvalue weighted by molar-refractivity contribution is 5.87. The summed E-state index contributed by atoms with van der Waals surface area (Å²) in [6, 6.07) is 9.22. The molecule has 5 rings (SSSR count). The molecular weight excluding hydrogens is 466 g/mol. The van der Waals surface area contributed by atoms with Gasteiger partial charge in [-0.05, 0) is 55.9 Å². The maximum Gasteiger partial charge on any atom is 0.245 e. The molecule has 3 heterocycles. The zero-order valence-electron chi connectivity index (χ0n) is 21.3. The number of benzene rings is 1. The van der Waals surface area contributed by atoms with E-state index < -0.39 is 0 Å². The third-order valence-electron chi connectivity index (χ3n) is 7.83. The molecule has 9 heteroatoms. The average Bonchev–Trinajstić information content (AvgIpc) is 3.37. The predicted molar refractivity (Wildman–Crippen MR) is 141 cm³/mol. The van der Waals surface area contributed by atoms with E-state index >= 15 is 0 Å². The Labute approximate surface area is 217 Å². The van der Waals surface area contributed by atoms with Crippen molar-refractivity contribution in [3.8, 4) is 6.07 Å². The van der Waals surface area contributed by atoms with Crippen molar-refractivity contribution in [1.29, 1.82) is 5.26 Å². The van der Waals surface area contributed by atoms with Crippen LogP contribution in [-0.2, 0) is 22.4 Å². The molecule has 37 heavy (non-hydrogen) atoms. The maximum atomic E-state index is 12.4. The quantitative estimate of drug-likeness (QED) is 0.563. The first kappa shape index (κ1) is 24.8. The number of aromatic nitrogens is 2. The molecule has 1 aromatic carbocycles. The molecule has 1 aliphatic carbocycles. The third kappa shape index (κ3) is 5.01. The number of rotatable bonds is 7. The Hall–Kier alpha value is -3.93. The monoisotopic (exact) mass is 499 g/mol. The molecular formula is C28H33N7O2. The second-order valence-corrected chi connectivity index (χ2v) is 10.4. The highest BCUT2D eigenvalue weighted by Crippen LogP contribution is 2.41. The normalized spacial score (nSPS) is 18.4. The largest absolute Gasteiger partial charge is 0.362 e. The van der Waals surface area contributed by atoms with E-state index in [9.17, 15) is 14.9 Å². The number of nitrogens with one attached hydrogen (secondary N) is 2. The van der Waals surface area contributed by atoms with Crippen LogP contribution in [0.4, 0.5) is 11.8 Å². The molecule has 2 amide bonds. The van der Waals surface area contributed by atoms with E-state index in [1.54, 1.807) is 13.1 Å². The minimum Gasteiger partial charge on any atom is -0.362 e. The molecule has 0 unspecified atom stereocenters. The number of hydrogen-bond donors (Lipinski definition) is 2. The van der Waals surface area contributed by atoms with E-state index in [-0.39, 0.29) is 29.7 Å². The van der Waals surface area contributed by atoms with Crippen molar-refractivity contribution in [3.63, 3.8) is 0 Å². The summed E-state index contributed by atoms with van der Waals surface area (Å²) in [6.45, 7) is 6.75. The number of nitrogens with zero attached hydrogens (tertiary/aromatic N) is 5. The first-order chi connectivity index (χ1) is 17.9. The van der Waals surface area contributed by atoms with Gasteiger partial charge in [-0.2, -0.15) is 10.2 Å². The van der Waals surface area contributed by atoms with E-state index in [0.29, 0.717) is 11.5 Å². The van der Waals surface area contributed by atoms with Crippen LogP contribution in [-0.4, -0.2) is 59.9 Å².